The van der Waals surface area contributed by atoms with Gasteiger partial charge in [-0.15, -0.1) is 0 Å². The number of hydrogen-bond donors (Lipinski definition) is 0. The average molecular weight is 235 g/mol. The van der Waals surface area contributed by atoms with Crippen LogP contribution in [0.4, 0.5) is 4.39 Å². The zero-order valence-electron chi connectivity index (χ0n) is 10.2. The predicted molar refractivity (Wildman–Crippen MR) is 64.4 cm³/mol. The Labute approximate surface area is 101 Å². The average Bonchev–Trinajstić information content (AvgIpc) is 2.74. The third-order valence-electron chi connectivity index (χ3n) is 4.01. The van der Waals surface area contributed by atoms with E-state index in [9.17, 15) is 4.39 Å². The minimum Gasteiger partial charge on any atom is -0.372 e. The Morgan fingerprint density at radius 2 is 2.29 bits per heavy atom. The number of fused-ring (bicyclic) bond motifs is 1. The lowest BCUT2D eigenvalue weighted by Crippen LogP contribution is -2.35. The Balaban J connectivity index is 1.93. The molecule has 1 aromatic rings. The van der Waals surface area contributed by atoms with Crippen LogP contribution < -0.4 is 0 Å². The van der Waals surface area contributed by atoms with E-state index in [0.717, 1.165) is 18.5 Å². The normalized spacial score (nSPS) is 29.3. The fourth-order valence-corrected chi connectivity index (χ4v) is 3.09. The quantitative estimate of drug-likeness (QED) is 0.741. The molecule has 3 rings (SSSR count). The molecule has 0 unspecified atom stereocenters. The molecule has 2 nitrogen and oxygen atoms in total. The Morgan fingerprint density at radius 3 is 3.06 bits per heavy atom. The molecule has 0 N–H and O–H groups in total. The number of ether oxygens (including phenoxy) is 1. The van der Waals surface area contributed by atoms with E-state index in [-0.39, 0.29) is 11.9 Å². The van der Waals surface area contributed by atoms with Crippen LogP contribution >= 0.6 is 0 Å². The van der Waals surface area contributed by atoms with Gasteiger partial charge in [-0.25, -0.2) is 4.39 Å². The lowest BCUT2D eigenvalue weighted by Gasteiger charge is -2.33. The highest BCUT2D eigenvalue weighted by Gasteiger charge is 2.34. The Kier molecular flexibility index (Phi) is 2.89. The molecule has 1 aromatic carbocycles. The number of hydrogen-bond acceptors (Lipinski definition) is 2. The van der Waals surface area contributed by atoms with E-state index in [2.05, 4.69) is 11.9 Å². The Hall–Kier alpha value is -0.930. The molecule has 0 aliphatic carbocycles. The molecule has 17 heavy (non-hydrogen) atoms. The summed E-state index contributed by atoms with van der Waals surface area (Å²) in [5.74, 6) is -0.135. The summed E-state index contributed by atoms with van der Waals surface area (Å²) < 4.78 is 19.2. The largest absolute Gasteiger partial charge is 0.372 e. The predicted octanol–water partition coefficient (Wildman–Crippen LogP) is 2.53. The monoisotopic (exact) mass is 235 g/mol. The van der Waals surface area contributed by atoms with Gasteiger partial charge in [-0.1, -0.05) is 6.07 Å². The summed E-state index contributed by atoms with van der Waals surface area (Å²) in [7, 11) is 2.15. The lowest BCUT2D eigenvalue weighted by atomic mass is 9.92. The molecule has 1 fully saturated rings. The first-order chi connectivity index (χ1) is 8.25. The maximum Gasteiger partial charge on any atom is 0.123 e. The fourth-order valence-electron chi connectivity index (χ4n) is 3.09. The summed E-state index contributed by atoms with van der Waals surface area (Å²) in [6, 6.07) is 5.58. The van der Waals surface area contributed by atoms with Crippen LogP contribution in [0.25, 0.3) is 0 Å². The second-order valence-corrected chi connectivity index (χ2v) is 5.07. The Bertz CT molecular complexity index is 421. The van der Waals surface area contributed by atoms with Gasteiger partial charge in [-0.05, 0) is 56.1 Å². The molecule has 0 bridgehead atoms. The maximum atomic E-state index is 13.2. The first-order valence-electron chi connectivity index (χ1n) is 6.36. The number of benzene rings is 1. The molecule has 2 aliphatic heterocycles. The SMILES string of the molecule is CN1CCC[C@H]1[C@@H]1OCCc2cc(F)ccc21. The molecular weight excluding hydrogens is 217 g/mol. The van der Waals surface area contributed by atoms with Gasteiger partial charge in [0, 0.05) is 6.04 Å². The number of rotatable bonds is 1. The number of likely N-dealkylation sites (N-methyl/N-ethyl adjacent to an activating group) is 1. The van der Waals surface area contributed by atoms with Crippen LogP contribution in [0, 0.1) is 5.82 Å². The van der Waals surface area contributed by atoms with E-state index in [1.54, 1.807) is 12.1 Å². The van der Waals surface area contributed by atoms with Crippen molar-refractivity contribution < 1.29 is 9.13 Å². The first-order valence-corrected chi connectivity index (χ1v) is 6.36. The van der Waals surface area contributed by atoms with E-state index in [1.165, 1.54) is 18.4 Å². The molecule has 0 aromatic heterocycles. The highest BCUT2D eigenvalue weighted by atomic mass is 19.1. The van der Waals surface area contributed by atoms with Crippen LogP contribution in [0.15, 0.2) is 18.2 Å². The van der Waals surface area contributed by atoms with E-state index < -0.39 is 0 Å². The van der Waals surface area contributed by atoms with Crippen molar-refractivity contribution in [3.05, 3.63) is 35.1 Å². The van der Waals surface area contributed by atoms with Crippen molar-refractivity contribution in [2.24, 2.45) is 0 Å². The van der Waals surface area contributed by atoms with Gasteiger partial charge < -0.3 is 9.64 Å². The smallest absolute Gasteiger partial charge is 0.123 e. The molecule has 2 heterocycles. The highest BCUT2D eigenvalue weighted by molar-refractivity contribution is 5.32. The highest BCUT2D eigenvalue weighted by Crippen LogP contribution is 2.36. The van der Waals surface area contributed by atoms with Crippen LogP contribution in [0.2, 0.25) is 0 Å². The molecule has 0 amide bonds. The topological polar surface area (TPSA) is 12.5 Å². The summed E-state index contributed by atoms with van der Waals surface area (Å²) in [6.07, 6.45) is 3.38. The summed E-state index contributed by atoms with van der Waals surface area (Å²) in [5.41, 5.74) is 2.32. The second-order valence-electron chi connectivity index (χ2n) is 5.07. The lowest BCUT2D eigenvalue weighted by molar-refractivity contribution is -0.00617. The van der Waals surface area contributed by atoms with Crippen LogP contribution in [-0.2, 0) is 11.2 Å². The van der Waals surface area contributed by atoms with Crippen molar-refractivity contribution >= 4 is 0 Å². The van der Waals surface area contributed by atoms with Gasteiger partial charge >= 0.3 is 0 Å². The summed E-state index contributed by atoms with van der Waals surface area (Å²) >= 11 is 0. The van der Waals surface area contributed by atoms with Crippen LogP contribution in [0.3, 0.4) is 0 Å². The van der Waals surface area contributed by atoms with E-state index in [0.29, 0.717) is 12.6 Å². The molecule has 0 spiro atoms. The van der Waals surface area contributed by atoms with E-state index in [1.807, 2.05) is 6.07 Å². The third kappa shape index (κ3) is 1.98. The zero-order chi connectivity index (χ0) is 11.8. The second kappa shape index (κ2) is 4.39. The van der Waals surface area contributed by atoms with Crippen LogP contribution in [-0.4, -0.2) is 31.1 Å². The standard InChI is InChI=1S/C14H18FNO/c1-16-7-2-3-13(16)14-12-5-4-11(15)9-10(12)6-8-17-14/h4-5,9,13-14H,2-3,6-8H2,1H3/t13-,14+/m0/s1. The van der Waals surface area contributed by atoms with E-state index >= 15 is 0 Å². The number of nitrogens with zero attached hydrogens (tertiary/aromatic N) is 1. The summed E-state index contributed by atoms with van der Waals surface area (Å²) in [6.45, 7) is 1.85. The first kappa shape index (κ1) is 11.2. The molecule has 2 atom stereocenters. The van der Waals surface area contributed by atoms with Gasteiger partial charge in [0.2, 0.25) is 0 Å². The van der Waals surface area contributed by atoms with Crippen molar-refractivity contribution in [3.63, 3.8) is 0 Å². The molecule has 1 saturated heterocycles. The molecule has 0 saturated carbocycles. The van der Waals surface area contributed by atoms with Crippen molar-refractivity contribution in [3.8, 4) is 0 Å². The molecule has 2 aliphatic rings. The molecule has 3 heteroatoms. The van der Waals surface area contributed by atoms with Gasteiger partial charge in [0.15, 0.2) is 0 Å². The molecule has 0 radical (unpaired) electrons. The fraction of sp³-hybridized carbons (Fsp3) is 0.571. The van der Waals surface area contributed by atoms with Crippen molar-refractivity contribution in [1.29, 1.82) is 0 Å². The maximum absolute atomic E-state index is 13.2. The van der Waals surface area contributed by atoms with Gasteiger partial charge in [-0.2, -0.15) is 0 Å². The summed E-state index contributed by atoms with van der Waals surface area (Å²) in [5, 5.41) is 0. The molecular formula is C14H18FNO. The van der Waals surface area contributed by atoms with Crippen molar-refractivity contribution in [2.45, 2.75) is 31.4 Å². The van der Waals surface area contributed by atoms with Gasteiger partial charge in [0.25, 0.3) is 0 Å². The van der Waals surface area contributed by atoms with Gasteiger partial charge in [-0.3, -0.25) is 0 Å². The van der Waals surface area contributed by atoms with Gasteiger partial charge in [0.05, 0.1) is 12.7 Å². The summed E-state index contributed by atoms with van der Waals surface area (Å²) in [4.78, 5) is 2.36. The van der Waals surface area contributed by atoms with Crippen LogP contribution in [0.1, 0.15) is 30.1 Å². The minimum atomic E-state index is -0.135. The van der Waals surface area contributed by atoms with Gasteiger partial charge in [0.1, 0.15) is 5.82 Å². The van der Waals surface area contributed by atoms with Crippen molar-refractivity contribution in [1.82, 2.24) is 4.90 Å². The third-order valence-corrected chi connectivity index (χ3v) is 4.01. The minimum absolute atomic E-state index is 0.131. The number of likely N-dealkylation sites (tertiary alicyclic amines) is 1. The Morgan fingerprint density at radius 1 is 1.41 bits per heavy atom. The van der Waals surface area contributed by atoms with Crippen molar-refractivity contribution in [2.75, 3.05) is 20.2 Å². The van der Waals surface area contributed by atoms with E-state index in [4.69, 9.17) is 4.74 Å². The van der Waals surface area contributed by atoms with Crippen LogP contribution in [0.5, 0.6) is 0 Å². The zero-order valence-corrected chi connectivity index (χ0v) is 10.2. The molecule has 92 valence electrons. The number of halogens is 1.